The Morgan fingerprint density at radius 1 is 1.00 bits per heavy atom. The molecular formula is C17H18N2O. The summed E-state index contributed by atoms with van der Waals surface area (Å²) < 4.78 is 2.23. The van der Waals surface area contributed by atoms with E-state index >= 15 is 0 Å². The minimum atomic E-state index is 0.0523. The van der Waals surface area contributed by atoms with Gasteiger partial charge in [0.15, 0.2) is 0 Å². The normalized spacial score (nSPS) is 11.1. The first-order valence-corrected chi connectivity index (χ1v) is 6.78. The number of aliphatic hydroxyl groups excluding tert-OH is 1. The Kier molecular flexibility index (Phi) is 3.54. The zero-order valence-electron chi connectivity index (χ0n) is 11.3. The molecule has 20 heavy (non-hydrogen) atoms. The molecule has 0 amide bonds. The second kappa shape index (κ2) is 5.49. The standard InChI is InChI=1S/C17H18N2O/c18-10-15-9-16-14(12-20)7-4-8-17(16)19(15)11-13-5-2-1-3-6-13/h1-9,20H,10-12,18H2. The lowest BCUT2D eigenvalue weighted by Gasteiger charge is -2.10. The number of nitrogens with two attached hydrogens (primary N) is 1. The first kappa shape index (κ1) is 12.9. The van der Waals surface area contributed by atoms with Crippen molar-refractivity contribution in [1.29, 1.82) is 0 Å². The van der Waals surface area contributed by atoms with Crippen LogP contribution in [0.3, 0.4) is 0 Å². The van der Waals surface area contributed by atoms with Crippen molar-refractivity contribution in [3.63, 3.8) is 0 Å². The summed E-state index contributed by atoms with van der Waals surface area (Å²) in [6.45, 7) is 1.34. The van der Waals surface area contributed by atoms with E-state index in [2.05, 4.69) is 28.8 Å². The van der Waals surface area contributed by atoms with Crippen molar-refractivity contribution in [3.05, 3.63) is 71.4 Å². The van der Waals surface area contributed by atoms with Gasteiger partial charge in [-0.15, -0.1) is 0 Å². The molecule has 1 aromatic heterocycles. The highest BCUT2D eigenvalue weighted by molar-refractivity contribution is 5.85. The van der Waals surface area contributed by atoms with E-state index in [-0.39, 0.29) is 6.61 Å². The molecule has 0 aliphatic heterocycles. The molecule has 0 aliphatic carbocycles. The monoisotopic (exact) mass is 266 g/mol. The largest absolute Gasteiger partial charge is 0.392 e. The number of nitrogens with zero attached hydrogens (tertiary/aromatic N) is 1. The molecule has 0 atom stereocenters. The number of fused-ring (bicyclic) bond motifs is 1. The van der Waals surface area contributed by atoms with Gasteiger partial charge in [0.2, 0.25) is 0 Å². The summed E-state index contributed by atoms with van der Waals surface area (Å²) in [4.78, 5) is 0. The Labute approximate surface area is 118 Å². The molecule has 1 heterocycles. The molecule has 0 fully saturated rings. The Morgan fingerprint density at radius 2 is 1.80 bits per heavy atom. The zero-order valence-corrected chi connectivity index (χ0v) is 11.3. The second-order valence-corrected chi connectivity index (χ2v) is 4.92. The van der Waals surface area contributed by atoms with Crippen molar-refractivity contribution in [3.8, 4) is 0 Å². The van der Waals surface area contributed by atoms with Crippen molar-refractivity contribution in [2.24, 2.45) is 5.73 Å². The van der Waals surface area contributed by atoms with E-state index < -0.39 is 0 Å². The molecule has 3 rings (SSSR count). The third kappa shape index (κ3) is 2.22. The average molecular weight is 266 g/mol. The summed E-state index contributed by atoms with van der Waals surface area (Å²) >= 11 is 0. The van der Waals surface area contributed by atoms with Crippen molar-refractivity contribution >= 4 is 10.9 Å². The van der Waals surface area contributed by atoms with Gasteiger partial charge in [0.05, 0.1) is 6.61 Å². The van der Waals surface area contributed by atoms with E-state index in [0.29, 0.717) is 6.54 Å². The smallest absolute Gasteiger partial charge is 0.0688 e. The van der Waals surface area contributed by atoms with Gasteiger partial charge in [-0.25, -0.2) is 0 Å². The van der Waals surface area contributed by atoms with Crippen LogP contribution in [0.25, 0.3) is 10.9 Å². The predicted octanol–water partition coefficient (Wildman–Crippen LogP) is 2.64. The molecule has 0 aliphatic rings. The molecule has 3 aromatic rings. The highest BCUT2D eigenvalue weighted by atomic mass is 16.3. The second-order valence-electron chi connectivity index (χ2n) is 4.92. The molecule has 0 saturated heterocycles. The van der Waals surface area contributed by atoms with E-state index in [1.54, 1.807) is 0 Å². The first-order chi connectivity index (χ1) is 9.83. The minimum Gasteiger partial charge on any atom is -0.392 e. The number of hydrogen-bond donors (Lipinski definition) is 2. The molecule has 0 unspecified atom stereocenters. The Hall–Kier alpha value is -2.10. The van der Waals surface area contributed by atoms with Gasteiger partial charge in [-0.1, -0.05) is 42.5 Å². The highest BCUT2D eigenvalue weighted by Crippen LogP contribution is 2.24. The van der Waals surface area contributed by atoms with Crippen LogP contribution >= 0.6 is 0 Å². The molecule has 0 radical (unpaired) electrons. The van der Waals surface area contributed by atoms with Crippen molar-refractivity contribution < 1.29 is 5.11 Å². The van der Waals surface area contributed by atoms with E-state index in [0.717, 1.165) is 28.7 Å². The van der Waals surface area contributed by atoms with Gasteiger partial charge in [-0.05, 0) is 23.3 Å². The summed E-state index contributed by atoms with van der Waals surface area (Å²) in [7, 11) is 0. The fourth-order valence-corrected chi connectivity index (χ4v) is 2.66. The van der Waals surface area contributed by atoms with Crippen molar-refractivity contribution in [2.75, 3.05) is 0 Å². The number of aliphatic hydroxyl groups is 1. The minimum absolute atomic E-state index is 0.0523. The van der Waals surface area contributed by atoms with Crippen LogP contribution < -0.4 is 5.73 Å². The Morgan fingerprint density at radius 3 is 2.50 bits per heavy atom. The lowest BCUT2D eigenvalue weighted by molar-refractivity contribution is 0.283. The lowest BCUT2D eigenvalue weighted by Crippen LogP contribution is -2.08. The van der Waals surface area contributed by atoms with Gasteiger partial charge in [0.1, 0.15) is 0 Å². The van der Waals surface area contributed by atoms with Gasteiger partial charge in [0, 0.05) is 29.7 Å². The van der Waals surface area contributed by atoms with Crippen LogP contribution in [0.15, 0.2) is 54.6 Å². The summed E-state index contributed by atoms with van der Waals surface area (Å²) in [6.07, 6.45) is 0. The van der Waals surface area contributed by atoms with Gasteiger partial charge in [-0.2, -0.15) is 0 Å². The maximum Gasteiger partial charge on any atom is 0.0688 e. The lowest BCUT2D eigenvalue weighted by atomic mass is 10.1. The molecule has 3 N–H and O–H groups in total. The van der Waals surface area contributed by atoms with Crippen LogP contribution in [-0.2, 0) is 19.7 Å². The predicted molar refractivity (Wildman–Crippen MR) is 81.3 cm³/mol. The van der Waals surface area contributed by atoms with Crippen LogP contribution in [0.1, 0.15) is 16.8 Å². The number of rotatable bonds is 4. The topological polar surface area (TPSA) is 51.2 Å². The first-order valence-electron chi connectivity index (χ1n) is 6.78. The van der Waals surface area contributed by atoms with E-state index in [9.17, 15) is 5.11 Å². The Balaban J connectivity index is 2.13. The van der Waals surface area contributed by atoms with Crippen molar-refractivity contribution in [2.45, 2.75) is 19.7 Å². The third-order valence-corrected chi connectivity index (χ3v) is 3.68. The third-order valence-electron chi connectivity index (χ3n) is 3.68. The quantitative estimate of drug-likeness (QED) is 0.762. The maximum absolute atomic E-state index is 9.46. The zero-order chi connectivity index (χ0) is 13.9. The van der Waals surface area contributed by atoms with Crippen LogP contribution in [0, 0.1) is 0 Å². The van der Waals surface area contributed by atoms with Crippen molar-refractivity contribution in [1.82, 2.24) is 4.57 Å². The van der Waals surface area contributed by atoms with Crippen LogP contribution in [0.2, 0.25) is 0 Å². The average Bonchev–Trinajstić information content (AvgIpc) is 2.86. The number of aromatic nitrogens is 1. The highest BCUT2D eigenvalue weighted by Gasteiger charge is 2.10. The van der Waals surface area contributed by atoms with E-state index in [1.807, 2.05) is 30.3 Å². The number of benzene rings is 2. The van der Waals surface area contributed by atoms with Crippen LogP contribution in [-0.4, -0.2) is 9.67 Å². The molecule has 0 saturated carbocycles. The molecule has 0 spiro atoms. The molecule has 102 valence electrons. The van der Waals surface area contributed by atoms with Crippen LogP contribution in [0.4, 0.5) is 0 Å². The molecule has 3 nitrogen and oxygen atoms in total. The summed E-state index contributed by atoms with van der Waals surface area (Å²) in [5, 5.41) is 10.5. The fraction of sp³-hybridized carbons (Fsp3) is 0.176. The van der Waals surface area contributed by atoms with Gasteiger partial charge in [0.25, 0.3) is 0 Å². The van der Waals surface area contributed by atoms with E-state index in [4.69, 9.17) is 5.73 Å². The molecule has 2 aromatic carbocycles. The summed E-state index contributed by atoms with van der Waals surface area (Å²) in [6, 6.07) is 18.4. The maximum atomic E-state index is 9.46. The molecular weight excluding hydrogens is 248 g/mol. The SMILES string of the molecule is NCc1cc2c(CO)cccc2n1Cc1ccccc1. The number of hydrogen-bond acceptors (Lipinski definition) is 2. The van der Waals surface area contributed by atoms with Gasteiger partial charge in [-0.3, -0.25) is 0 Å². The van der Waals surface area contributed by atoms with Crippen LogP contribution in [0.5, 0.6) is 0 Å². The van der Waals surface area contributed by atoms with E-state index in [1.165, 1.54) is 5.56 Å². The van der Waals surface area contributed by atoms with Gasteiger partial charge < -0.3 is 15.4 Å². The molecule has 3 heteroatoms. The fourth-order valence-electron chi connectivity index (χ4n) is 2.66. The van der Waals surface area contributed by atoms with Gasteiger partial charge >= 0.3 is 0 Å². The molecule has 0 bridgehead atoms. The summed E-state index contributed by atoms with van der Waals surface area (Å²) in [5.74, 6) is 0. The Bertz CT molecular complexity index is 716. The summed E-state index contributed by atoms with van der Waals surface area (Å²) in [5.41, 5.74) is 10.3.